The van der Waals surface area contributed by atoms with Crippen LogP contribution in [-0.2, 0) is 19.1 Å². The number of hydrogen-bond donors (Lipinski definition) is 0. The van der Waals surface area contributed by atoms with E-state index in [2.05, 4.69) is 5.18 Å². The predicted octanol–water partition coefficient (Wildman–Crippen LogP) is 4.06. The zero-order valence-electron chi connectivity index (χ0n) is 13.8. The van der Waals surface area contributed by atoms with E-state index < -0.39 is 11.9 Å². The summed E-state index contributed by atoms with van der Waals surface area (Å²) in [7, 11) is 2.49. The fourth-order valence-electron chi connectivity index (χ4n) is 1.95. The van der Waals surface area contributed by atoms with E-state index in [0.29, 0.717) is 15.4 Å². The van der Waals surface area contributed by atoms with E-state index in [0.717, 1.165) is 23.5 Å². The molecule has 1 aliphatic heterocycles. The molecular formula is C17H15NO5S2. The van der Waals surface area contributed by atoms with Crippen molar-refractivity contribution in [1.29, 1.82) is 0 Å². The largest absolute Gasteiger partial charge is 0.465 e. The van der Waals surface area contributed by atoms with Crippen molar-refractivity contribution in [3.05, 3.63) is 66.5 Å². The zero-order valence-corrected chi connectivity index (χ0v) is 15.4. The molecule has 1 aromatic carbocycles. The number of esters is 2. The Kier molecular flexibility index (Phi) is 6.60. The van der Waals surface area contributed by atoms with Gasteiger partial charge < -0.3 is 9.47 Å². The second kappa shape index (κ2) is 8.68. The lowest BCUT2D eigenvalue weighted by Gasteiger charge is -2.03. The van der Waals surface area contributed by atoms with Gasteiger partial charge in [0.25, 0.3) is 0 Å². The molecular weight excluding hydrogens is 362 g/mol. The van der Waals surface area contributed by atoms with Crippen LogP contribution in [0.1, 0.15) is 12.5 Å². The Hall–Kier alpha value is -2.32. The highest BCUT2D eigenvalue weighted by molar-refractivity contribution is 8.29. The minimum atomic E-state index is -0.610. The van der Waals surface area contributed by atoms with Gasteiger partial charge in [-0.25, -0.2) is 9.59 Å². The molecule has 1 heterocycles. The SMILES string of the molecule is COC(=O)C1=C(C(=O)OC)SC(=C(C)/C=C(\N=O)c2ccccc2)S1. The van der Waals surface area contributed by atoms with Crippen molar-refractivity contribution >= 4 is 41.2 Å². The third-order valence-corrected chi connectivity index (χ3v) is 5.97. The minimum absolute atomic E-state index is 0.169. The summed E-state index contributed by atoms with van der Waals surface area (Å²) in [5.41, 5.74) is 1.64. The highest BCUT2D eigenvalue weighted by Crippen LogP contribution is 2.51. The number of nitroso groups, excluding NO2 is 1. The van der Waals surface area contributed by atoms with Crippen molar-refractivity contribution in [2.24, 2.45) is 5.18 Å². The summed E-state index contributed by atoms with van der Waals surface area (Å²) in [6.45, 7) is 1.78. The zero-order chi connectivity index (χ0) is 18.4. The maximum Gasteiger partial charge on any atom is 0.346 e. The van der Waals surface area contributed by atoms with Gasteiger partial charge in [-0.3, -0.25) is 0 Å². The van der Waals surface area contributed by atoms with Crippen LogP contribution in [0.15, 0.2) is 61.2 Å². The highest BCUT2D eigenvalue weighted by atomic mass is 32.2. The number of rotatable bonds is 5. The average Bonchev–Trinajstić information content (AvgIpc) is 3.10. The molecule has 0 unspecified atom stereocenters. The van der Waals surface area contributed by atoms with Crippen LogP contribution in [-0.4, -0.2) is 26.2 Å². The Morgan fingerprint density at radius 3 is 1.96 bits per heavy atom. The van der Waals surface area contributed by atoms with Gasteiger partial charge in [0, 0.05) is 5.56 Å². The van der Waals surface area contributed by atoms with Crippen LogP contribution < -0.4 is 0 Å². The second-order valence-corrected chi connectivity index (χ2v) is 7.10. The molecule has 0 aliphatic carbocycles. The fourth-order valence-corrected chi connectivity index (χ4v) is 4.36. The molecule has 1 aliphatic rings. The number of hydrogen-bond acceptors (Lipinski definition) is 8. The van der Waals surface area contributed by atoms with Gasteiger partial charge in [0.2, 0.25) is 0 Å². The van der Waals surface area contributed by atoms with Crippen LogP contribution in [0.4, 0.5) is 0 Å². The molecule has 0 fully saturated rings. The van der Waals surface area contributed by atoms with E-state index in [1.807, 2.05) is 18.2 Å². The van der Waals surface area contributed by atoms with E-state index in [-0.39, 0.29) is 15.5 Å². The molecule has 0 saturated carbocycles. The number of carbonyl (C=O) groups is 2. The molecule has 6 nitrogen and oxygen atoms in total. The van der Waals surface area contributed by atoms with Crippen LogP contribution in [0.5, 0.6) is 0 Å². The molecule has 130 valence electrons. The topological polar surface area (TPSA) is 82.0 Å². The van der Waals surface area contributed by atoms with Crippen molar-refractivity contribution in [3.63, 3.8) is 0 Å². The number of methoxy groups -OCH3 is 2. The van der Waals surface area contributed by atoms with Crippen molar-refractivity contribution in [1.82, 2.24) is 0 Å². The molecule has 0 spiro atoms. The van der Waals surface area contributed by atoms with Crippen LogP contribution in [0, 0.1) is 4.91 Å². The molecule has 0 aromatic heterocycles. The van der Waals surface area contributed by atoms with Gasteiger partial charge in [-0.2, -0.15) is 0 Å². The van der Waals surface area contributed by atoms with Gasteiger partial charge in [0.05, 0.1) is 18.5 Å². The normalized spacial score (nSPS) is 14.4. The Labute approximate surface area is 153 Å². The molecule has 25 heavy (non-hydrogen) atoms. The van der Waals surface area contributed by atoms with Crippen molar-refractivity contribution in [2.45, 2.75) is 6.92 Å². The Morgan fingerprint density at radius 2 is 1.52 bits per heavy atom. The van der Waals surface area contributed by atoms with Crippen molar-refractivity contribution < 1.29 is 19.1 Å². The number of thioether (sulfide) groups is 2. The van der Waals surface area contributed by atoms with E-state index in [1.165, 1.54) is 14.2 Å². The summed E-state index contributed by atoms with van der Waals surface area (Å²) in [5.74, 6) is -1.22. The molecule has 0 saturated heterocycles. The van der Waals surface area contributed by atoms with E-state index in [4.69, 9.17) is 9.47 Å². The molecule has 0 amide bonds. The molecule has 0 radical (unpaired) electrons. The smallest absolute Gasteiger partial charge is 0.346 e. The molecule has 8 heteroatoms. The Bertz CT molecular complexity index is 767. The average molecular weight is 377 g/mol. The number of ether oxygens (including phenoxy) is 2. The van der Waals surface area contributed by atoms with Crippen molar-refractivity contribution in [3.8, 4) is 0 Å². The summed E-state index contributed by atoms with van der Waals surface area (Å²) < 4.78 is 10.1. The van der Waals surface area contributed by atoms with E-state index in [1.54, 1.807) is 25.1 Å². The van der Waals surface area contributed by atoms with E-state index in [9.17, 15) is 14.5 Å². The van der Waals surface area contributed by atoms with Crippen LogP contribution in [0.25, 0.3) is 5.70 Å². The molecule has 2 rings (SSSR count). The van der Waals surface area contributed by atoms with Crippen LogP contribution >= 0.6 is 23.5 Å². The molecule has 0 bridgehead atoms. The first kappa shape index (κ1) is 19.0. The first-order valence-electron chi connectivity index (χ1n) is 7.09. The number of benzene rings is 1. The van der Waals surface area contributed by atoms with Gasteiger partial charge in [-0.1, -0.05) is 53.9 Å². The lowest BCUT2D eigenvalue weighted by atomic mass is 10.1. The number of carbonyl (C=O) groups excluding carboxylic acids is 2. The summed E-state index contributed by atoms with van der Waals surface area (Å²) in [4.78, 5) is 35.3. The first-order chi connectivity index (χ1) is 12.0. The Morgan fingerprint density at radius 1 is 1.00 bits per heavy atom. The lowest BCUT2D eigenvalue weighted by Crippen LogP contribution is -2.08. The highest BCUT2D eigenvalue weighted by Gasteiger charge is 2.33. The summed E-state index contributed by atoms with van der Waals surface area (Å²) in [5, 5.41) is 3.07. The van der Waals surface area contributed by atoms with Crippen LogP contribution in [0.3, 0.4) is 0 Å². The van der Waals surface area contributed by atoms with Crippen LogP contribution in [0.2, 0.25) is 0 Å². The van der Waals surface area contributed by atoms with E-state index >= 15 is 0 Å². The number of allylic oxidation sites excluding steroid dienone is 2. The first-order valence-corrected chi connectivity index (χ1v) is 8.73. The predicted molar refractivity (Wildman–Crippen MR) is 99.2 cm³/mol. The number of nitrogens with zero attached hydrogens (tertiary/aromatic N) is 1. The third kappa shape index (κ3) is 4.40. The second-order valence-electron chi connectivity index (χ2n) is 4.80. The van der Waals surface area contributed by atoms with Gasteiger partial charge in [0.15, 0.2) is 0 Å². The minimum Gasteiger partial charge on any atom is -0.465 e. The molecule has 1 aromatic rings. The molecule has 0 atom stereocenters. The third-order valence-electron chi connectivity index (χ3n) is 3.18. The summed E-state index contributed by atoms with van der Waals surface area (Å²) in [6.07, 6.45) is 1.62. The fraction of sp³-hybridized carbons (Fsp3) is 0.176. The van der Waals surface area contributed by atoms with Gasteiger partial charge in [0.1, 0.15) is 15.5 Å². The maximum absolute atomic E-state index is 11.9. The van der Waals surface area contributed by atoms with Gasteiger partial charge in [-0.05, 0) is 23.7 Å². The van der Waals surface area contributed by atoms with Gasteiger partial charge >= 0.3 is 11.9 Å². The van der Waals surface area contributed by atoms with Gasteiger partial charge in [-0.15, -0.1) is 4.91 Å². The standard InChI is InChI=1S/C17H15NO5S2/c1-10(9-12(18-21)11-7-5-4-6-8-11)17-24-13(15(19)22-2)14(25-17)16(20)23-3/h4-9H,1-3H3/b12-9-. The quantitative estimate of drug-likeness (QED) is 0.565. The molecule has 0 N–H and O–H groups in total. The monoisotopic (exact) mass is 377 g/mol. The summed E-state index contributed by atoms with van der Waals surface area (Å²) >= 11 is 2.22. The Balaban J connectivity index is 2.38. The summed E-state index contributed by atoms with van der Waals surface area (Å²) in [6, 6.07) is 9.01. The maximum atomic E-state index is 11.9. The van der Waals surface area contributed by atoms with Crippen molar-refractivity contribution in [2.75, 3.05) is 14.2 Å². The lowest BCUT2D eigenvalue weighted by molar-refractivity contribution is -0.138.